The van der Waals surface area contributed by atoms with Crippen molar-refractivity contribution < 1.29 is 13.6 Å². The summed E-state index contributed by atoms with van der Waals surface area (Å²) in [6.45, 7) is 1.51. The van der Waals surface area contributed by atoms with Crippen molar-refractivity contribution in [3.63, 3.8) is 0 Å². The van der Waals surface area contributed by atoms with E-state index in [0.29, 0.717) is 31.1 Å². The second kappa shape index (κ2) is 5.54. The number of benzene rings is 1. The molecule has 1 saturated heterocycles. The first-order valence-corrected chi connectivity index (χ1v) is 7.46. The summed E-state index contributed by atoms with van der Waals surface area (Å²) in [5.41, 5.74) is 0.959. The lowest BCUT2D eigenvalue weighted by atomic mass is 10.1. The fourth-order valence-electron chi connectivity index (χ4n) is 3.00. The number of hydrogen-bond donors (Lipinski definition) is 1. The molecule has 0 unspecified atom stereocenters. The van der Waals surface area contributed by atoms with Crippen LogP contribution in [0.15, 0.2) is 24.3 Å². The first kappa shape index (κ1) is 14.7. The van der Waals surface area contributed by atoms with Gasteiger partial charge in [0.25, 0.3) is 5.92 Å². The minimum Gasteiger partial charge on any atom is -0.351 e. The Morgan fingerprint density at radius 1 is 1.33 bits per heavy atom. The molecule has 6 heteroatoms. The maximum Gasteiger partial charge on any atom is 0.255 e. The van der Waals surface area contributed by atoms with E-state index in [4.69, 9.17) is 11.6 Å². The molecule has 1 aromatic carbocycles. The molecule has 1 aromatic rings. The third kappa shape index (κ3) is 3.19. The first-order chi connectivity index (χ1) is 9.96. The molecule has 21 heavy (non-hydrogen) atoms. The third-order valence-corrected chi connectivity index (χ3v) is 4.60. The Balaban J connectivity index is 1.43. The van der Waals surface area contributed by atoms with Crippen molar-refractivity contribution in [1.29, 1.82) is 0 Å². The number of hydrogen-bond acceptors (Lipinski definition) is 2. The number of rotatable bonds is 4. The van der Waals surface area contributed by atoms with Crippen LogP contribution in [0.25, 0.3) is 0 Å². The van der Waals surface area contributed by atoms with Gasteiger partial charge in [0.15, 0.2) is 0 Å². The molecule has 1 aliphatic carbocycles. The molecule has 0 radical (unpaired) electrons. The minimum absolute atomic E-state index is 0.132. The van der Waals surface area contributed by atoms with Crippen LogP contribution in [0.3, 0.4) is 0 Å². The number of carbonyl (C=O) groups excluding carboxylic acids is 1. The van der Waals surface area contributed by atoms with Crippen molar-refractivity contribution in [3.8, 4) is 0 Å². The fourth-order valence-corrected chi connectivity index (χ4v) is 3.13. The molecule has 1 aliphatic heterocycles. The summed E-state index contributed by atoms with van der Waals surface area (Å²) in [7, 11) is 0. The smallest absolute Gasteiger partial charge is 0.255 e. The number of fused-ring (bicyclic) bond motifs is 1. The van der Waals surface area contributed by atoms with E-state index in [1.165, 1.54) is 0 Å². The highest BCUT2D eigenvalue weighted by Gasteiger charge is 2.68. The van der Waals surface area contributed by atoms with Crippen LogP contribution < -0.4 is 5.32 Å². The van der Waals surface area contributed by atoms with E-state index >= 15 is 0 Å². The Kier molecular flexibility index (Phi) is 3.88. The summed E-state index contributed by atoms with van der Waals surface area (Å²) in [5, 5.41) is 3.45. The second-order valence-corrected chi connectivity index (χ2v) is 6.25. The molecule has 2 atom stereocenters. The zero-order chi connectivity index (χ0) is 15.0. The average Bonchev–Trinajstić information content (AvgIpc) is 3.00. The van der Waals surface area contributed by atoms with Crippen LogP contribution >= 0.6 is 11.6 Å². The van der Waals surface area contributed by atoms with Crippen molar-refractivity contribution in [1.82, 2.24) is 10.2 Å². The Labute approximate surface area is 127 Å². The van der Waals surface area contributed by atoms with Gasteiger partial charge in [0.05, 0.1) is 6.54 Å². The van der Waals surface area contributed by atoms with E-state index in [1.807, 2.05) is 17.0 Å². The normalized spacial score (nSPS) is 27.0. The van der Waals surface area contributed by atoms with Gasteiger partial charge >= 0.3 is 0 Å². The zero-order valence-electron chi connectivity index (χ0n) is 11.5. The summed E-state index contributed by atoms with van der Waals surface area (Å²) >= 11 is 5.79. The van der Waals surface area contributed by atoms with Gasteiger partial charge in [-0.15, -0.1) is 0 Å². The fraction of sp³-hybridized carbons (Fsp3) is 0.533. The Hall–Kier alpha value is -1.20. The molecular formula is C15H17ClF2N2O. The zero-order valence-corrected chi connectivity index (χ0v) is 12.2. The lowest BCUT2D eigenvalue weighted by Crippen LogP contribution is -2.40. The van der Waals surface area contributed by atoms with Crippen molar-refractivity contribution in [3.05, 3.63) is 34.9 Å². The molecule has 0 bridgehead atoms. The summed E-state index contributed by atoms with van der Waals surface area (Å²) in [6, 6.07) is 7.23. The number of carbonyl (C=O) groups is 1. The predicted octanol–water partition coefficient (Wildman–Crippen LogP) is 2.54. The van der Waals surface area contributed by atoms with E-state index < -0.39 is 17.8 Å². The number of alkyl halides is 2. The minimum atomic E-state index is -2.51. The quantitative estimate of drug-likeness (QED) is 0.926. The first-order valence-electron chi connectivity index (χ1n) is 7.08. The lowest BCUT2D eigenvalue weighted by molar-refractivity contribution is -0.122. The summed E-state index contributed by atoms with van der Waals surface area (Å²) in [6.07, 6.45) is 0.488. The van der Waals surface area contributed by atoms with Gasteiger partial charge in [-0.05, 0) is 30.7 Å². The molecule has 3 nitrogen and oxygen atoms in total. The number of nitrogens with one attached hydrogen (secondary N) is 1. The van der Waals surface area contributed by atoms with E-state index in [1.54, 1.807) is 12.1 Å². The summed E-state index contributed by atoms with van der Waals surface area (Å²) < 4.78 is 26.6. The Morgan fingerprint density at radius 3 is 2.71 bits per heavy atom. The van der Waals surface area contributed by atoms with Gasteiger partial charge in [-0.2, -0.15) is 0 Å². The average molecular weight is 315 g/mol. The monoisotopic (exact) mass is 314 g/mol. The largest absolute Gasteiger partial charge is 0.351 e. The number of likely N-dealkylation sites (tertiary alicyclic amines) is 1. The molecule has 0 spiro atoms. The Morgan fingerprint density at radius 2 is 2.05 bits per heavy atom. The number of piperidine rings is 1. The molecule has 2 fully saturated rings. The molecule has 1 N–H and O–H groups in total. The SMILES string of the molecule is O=C(CN1CC[C@@H]2[C@@H](C1)C2(F)F)NCc1ccc(Cl)cc1. The van der Waals surface area contributed by atoms with E-state index in [0.717, 1.165) is 5.56 Å². The molecule has 2 aliphatic rings. The highest BCUT2D eigenvalue weighted by atomic mass is 35.5. The van der Waals surface area contributed by atoms with Crippen LogP contribution in [0.4, 0.5) is 8.78 Å². The number of amides is 1. The van der Waals surface area contributed by atoms with Crippen LogP contribution in [0.5, 0.6) is 0 Å². The number of halogens is 3. The maximum atomic E-state index is 13.3. The van der Waals surface area contributed by atoms with E-state index in [9.17, 15) is 13.6 Å². The predicted molar refractivity (Wildman–Crippen MR) is 76.3 cm³/mol. The van der Waals surface area contributed by atoms with Crippen LogP contribution in [0.2, 0.25) is 5.02 Å². The van der Waals surface area contributed by atoms with Gasteiger partial charge in [0, 0.05) is 29.9 Å². The van der Waals surface area contributed by atoms with Crippen LogP contribution in [-0.2, 0) is 11.3 Å². The van der Waals surface area contributed by atoms with Crippen molar-refractivity contribution in [2.75, 3.05) is 19.6 Å². The summed E-state index contributed by atoms with van der Waals surface area (Å²) in [4.78, 5) is 13.7. The Bertz CT molecular complexity index is 535. The highest BCUT2D eigenvalue weighted by molar-refractivity contribution is 6.30. The van der Waals surface area contributed by atoms with Gasteiger partial charge in [0.2, 0.25) is 5.91 Å². The highest BCUT2D eigenvalue weighted by Crippen LogP contribution is 2.58. The standard InChI is InChI=1S/C15H17ClF2N2O/c16-11-3-1-10(2-4-11)7-19-14(21)9-20-6-5-12-13(8-20)15(12,17)18/h1-4,12-13H,5-9H2,(H,19,21)/t12-,13-/m1/s1. The molecular weight excluding hydrogens is 298 g/mol. The molecule has 114 valence electrons. The molecule has 1 amide bonds. The van der Waals surface area contributed by atoms with Crippen molar-refractivity contribution >= 4 is 17.5 Å². The van der Waals surface area contributed by atoms with Crippen molar-refractivity contribution in [2.45, 2.75) is 18.9 Å². The van der Waals surface area contributed by atoms with Gasteiger partial charge in [-0.3, -0.25) is 9.69 Å². The maximum absolute atomic E-state index is 13.3. The molecule has 1 heterocycles. The van der Waals surface area contributed by atoms with E-state index in [2.05, 4.69) is 5.32 Å². The van der Waals surface area contributed by atoms with Crippen LogP contribution in [-0.4, -0.2) is 36.4 Å². The van der Waals surface area contributed by atoms with Gasteiger partial charge in [0.1, 0.15) is 0 Å². The van der Waals surface area contributed by atoms with Gasteiger partial charge in [-0.25, -0.2) is 8.78 Å². The number of nitrogens with zero attached hydrogens (tertiary/aromatic N) is 1. The van der Waals surface area contributed by atoms with Crippen LogP contribution in [0.1, 0.15) is 12.0 Å². The summed E-state index contributed by atoms with van der Waals surface area (Å²) in [5.74, 6) is -3.64. The molecule has 0 aromatic heterocycles. The second-order valence-electron chi connectivity index (χ2n) is 5.81. The molecule has 3 rings (SSSR count). The molecule has 1 saturated carbocycles. The lowest BCUT2D eigenvalue weighted by Gasteiger charge is -2.24. The van der Waals surface area contributed by atoms with Crippen LogP contribution in [0, 0.1) is 11.8 Å². The van der Waals surface area contributed by atoms with Gasteiger partial charge in [-0.1, -0.05) is 23.7 Å². The topological polar surface area (TPSA) is 32.3 Å². The van der Waals surface area contributed by atoms with E-state index in [-0.39, 0.29) is 12.5 Å². The third-order valence-electron chi connectivity index (χ3n) is 4.35. The van der Waals surface area contributed by atoms with Gasteiger partial charge < -0.3 is 5.32 Å². The van der Waals surface area contributed by atoms with Crippen molar-refractivity contribution in [2.24, 2.45) is 11.8 Å².